The van der Waals surface area contributed by atoms with Crippen LogP contribution in [0.25, 0.3) is 0 Å². The molecule has 1 atom stereocenters. The number of carbonyl (C=O) groups excluding carboxylic acids is 1. The Morgan fingerprint density at radius 3 is 2.45 bits per heavy atom. The van der Waals surface area contributed by atoms with Crippen LogP contribution in [0.15, 0.2) is 57.9 Å². The lowest BCUT2D eigenvalue weighted by Crippen LogP contribution is -2.40. The smallest absolute Gasteiger partial charge is 0.253 e. The van der Waals surface area contributed by atoms with Crippen molar-refractivity contribution in [3.05, 3.63) is 58.6 Å². The molecule has 1 aliphatic carbocycles. The van der Waals surface area contributed by atoms with Gasteiger partial charge in [0.1, 0.15) is 5.75 Å². The molecule has 8 heteroatoms. The van der Waals surface area contributed by atoms with Gasteiger partial charge in [0.2, 0.25) is 0 Å². The third-order valence-electron chi connectivity index (χ3n) is 5.77. The topological polar surface area (TPSA) is 75.7 Å². The van der Waals surface area contributed by atoms with Crippen LogP contribution in [0.1, 0.15) is 42.5 Å². The minimum absolute atomic E-state index is 0.233. The van der Waals surface area contributed by atoms with Crippen LogP contribution >= 0.6 is 15.9 Å². The van der Waals surface area contributed by atoms with Gasteiger partial charge in [-0.2, -0.15) is 0 Å². The van der Waals surface area contributed by atoms with Crippen LogP contribution in [0.5, 0.6) is 5.75 Å². The monoisotopic (exact) mass is 506 g/mol. The number of ether oxygens (including phenoxy) is 1. The highest BCUT2D eigenvalue weighted by Gasteiger charge is 2.30. The predicted octanol–water partition coefficient (Wildman–Crippen LogP) is 4.42. The van der Waals surface area contributed by atoms with E-state index in [1.165, 1.54) is 0 Å². The van der Waals surface area contributed by atoms with Crippen LogP contribution in [0, 0.1) is 11.8 Å². The van der Waals surface area contributed by atoms with Gasteiger partial charge >= 0.3 is 0 Å². The number of benzene rings is 2. The molecule has 2 aromatic carbocycles. The Kier molecular flexibility index (Phi) is 7.11. The van der Waals surface area contributed by atoms with Gasteiger partial charge in [0.05, 0.1) is 11.5 Å². The minimum Gasteiger partial charge on any atom is -0.494 e. The number of sulfonamides is 1. The summed E-state index contributed by atoms with van der Waals surface area (Å²) in [6.07, 6.45) is 4.87. The van der Waals surface area contributed by atoms with Gasteiger partial charge in [-0.1, -0.05) is 15.9 Å². The van der Waals surface area contributed by atoms with E-state index in [2.05, 4.69) is 20.8 Å². The molecule has 0 unspecified atom stereocenters. The molecule has 0 aromatic heterocycles. The number of hydrogen-bond acceptors (Lipinski definition) is 5. The zero-order chi connectivity index (χ0) is 21.8. The van der Waals surface area contributed by atoms with E-state index in [-0.39, 0.29) is 16.6 Å². The first-order valence-electron chi connectivity index (χ1n) is 10.7. The molecule has 1 heterocycles. The molecule has 4 rings (SSSR count). The van der Waals surface area contributed by atoms with E-state index < -0.39 is 10.0 Å². The molecule has 2 aromatic rings. The largest absolute Gasteiger partial charge is 0.494 e. The summed E-state index contributed by atoms with van der Waals surface area (Å²) in [5.74, 6) is 1.70. The Labute approximate surface area is 192 Å². The number of nitrogens with zero attached hydrogens (tertiary/aromatic N) is 1. The van der Waals surface area contributed by atoms with Gasteiger partial charge in [-0.05, 0) is 86.6 Å². The number of rotatable bonds is 10. The highest BCUT2D eigenvalue weighted by molar-refractivity contribution is 9.10. The van der Waals surface area contributed by atoms with E-state index in [0.717, 1.165) is 47.9 Å². The Balaban J connectivity index is 1.17. The highest BCUT2D eigenvalue weighted by Crippen LogP contribution is 2.33. The Bertz CT molecular complexity index is 1000. The molecule has 1 saturated heterocycles. The van der Waals surface area contributed by atoms with Crippen molar-refractivity contribution < 1.29 is 17.9 Å². The van der Waals surface area contributed by atoms with Crippen molar-refractivity contribution in [2.75, 3.05) is 19.7 Å². The van der Waals surface area contributed by atoms with Crippen LogP contribution in [0.2, 0.25) is 0 Å². The van der Waals surface area contributed by atoms with Crippen molar-refractivity contribution in [2.24, 2.45) is 11.8 Å². The van der Waals surface area contributed by atoms with Crippen LogP contribution in [-0.4, -0.2) is 38.9 Å². The van der Waals surface area contributed by atoms with Crippen LogP contribution in [-0.2, 0) is 10.0 Å². The molecule has 2 fully saturated rings. The van der Waals surface area contributed by atoms with Gasteiger partial charge in [-0.25, -0.2) is 13.4 Å². The summed E-state index contributed by atoms with van der Waals surface area (Å²) < 4.78 is 31.7. The van der Waals surface area contributed by atoms with Crippen molar-refractivity contribution >= 4 is 31.7 Å². The average Bonchev–Trinajstić information content (AvgIpc) is 3.52. The van der Waals surface area contributed by atoms with Crippen molar-refractivity contribution in [3.63, 3.8) is 0 Å². The number of nitrogens with one attached hydrogen (secondary N) is 1. The zero-order valence-electron chi connectivity index (χ0n) is 17.3. The first kappa shape index (κ1) is 22.5. The molecule has 0 spiro atoms. The molecule has 2 aliphatic rings. The maximum Gasteiger partial charge on any atom is 0.253 e. The Morgan fingerprint density at radius 1 is 1.06 bits per heavy atom. The molecular formula is C23H27BrN2O4S. The highest BCUT2D eigenvalue weighted by atomic mass is 79.9. The third-order valence-corrected chi connectivity index (χ3v) is 7.69. The molecule has 6 nitrogen and oxygen atoms in total. The van der Waals surface area contributed by atoms with Crippen molar-refractivity contribution in [3.8, 4) is 5.75 Å². The summed E-state index contributed by atoms with van der Waals surface area (Å²) in [4.78, 5) is 15.0. The van der Waals surface area contributed by atoms with Gasteiger partial charge in [0.25, 0.3) is 10.0 Å². The van der Waals surface area contributed by atoms with Crippen molar-refractivity contribution in [1.82, 2.24) is 9.84 Å². The van der Waals surface area contributed by atoms with Gasteiger partial charge in [0, 0.05) is 29.0 Å². The number of ketones is 1. The van der Waals surface area contributed by atoms with Crippen LogP contribution in [0.4, 0.5) is 0 Å². The Hall–Kier alpha value is -1.74. The fourth-order valence-electron chi connectivity index (χ4n) is 3.85. The summed E-state index contributed by atoms with van der Waals surface area (Å²) in [5.41, 5.74) is 0.770. The maximum atomic E-state index is 12.5. The fraction of sp³-hybridized carbons (Fsp3) is 0.435. The molecule has 1 aliphatic heterocycles. The third kappa shape index (κ3) is 6.16. The number of hydrazine groups is 1. The van der Waals surface area contributed by atoms with Gasteiger partial charge < -0.3 is 4.74 Å². The Morgan fingerprint density at radius 2 is 1.77 bits per heavy atom. The normalized spacial score (nSPS) is 19.5. The van der Waals surface area contributed by atoms with Gasteiger partial charge in [-0.3, -0.25) is 4.79 Å². The fourth-order valence-corrected chi connectivity index (χ4v) is 5.22. The molecule has 166 valence electrons. The number of hydrogen-bond donors (Lipinski definition) is 1. The van der Waals surface area contributed by atoms with Gasteiger partial charge in [-0.15, -0.1) is 4.83 Å². The second kappa shape index (κ2) is 9.81. The molecule has 0 amide bonds. The summed E-state index contributed by atoms with van der Waals surface area (Å²) in [6, 6.07) is 14.1. The summed E-state index contributed by atoms with van der Waals surface area (Å²) in [7, 11) is -3.55. The van der Waals surface area contributed by atoms with Crippen LogP contribution < -0.4 is 9.57 Å². The number of Topliss-reactive ketones (excluding diaryl/α,β-unsaturated/α-hetero) is 1. The van der Waals surface area contributed by atoms with Gasteiger partial charge in [0.15, 0.2) is 5.78 Å². The minimum atomic E-state index is -3.55. The summed E-state index contributed by atoms with van der Waals surface area (Å²) >= 11 is 3.32. The molecule has 1 saturated carbocycles. The van der Waals surface area contributed by atoms with E-state index in [9.17, 15) is 13.2 Å². The number of carbonyl (C=O) groups is 1. The molecule has 31 heavy (non-hydrogen) atoms. The lowest BCUT2D eigenvalue weighted by molar-refractivity contribution is 0.0967. The summed E-state index contributed by atoms with van der Waals surface area (Å²) in [5, 5.41) is 1.79. The molecule has 1 N–H and O–H groups in total. The quantitative estimate of drug-likeness (QED) is 0.381. The van der Waals surface area contributed by atoms with Crippen molar-refractivity contribution in [1.29, 1.82) is 0 Å². The first-order valence-corrected chi connectivity index (χ1v) is 13.0. The predicted molar refractivity (Wildman–Crippen MR) is 122 cm³/mol. The standard InChI is InChI=1S/C23H27BrN2O4S/c24-20-7-11-22(12-8-20)31(28,29)25-26-14-13-17(16-26)2-1-15-30-21-9-5-19(6-10-21)23(27)18-3-4-18/h5-12,17-18,25H,1-4,13-16H2/t17-/m1/s1. The number of halogens is 1. The molecular weight excluding hydrogens is 480 g/mol. The van der Waals surface area contributed by atoms with E-state index in [4.69, 9.17) is 4.74 Å². The van der Waals surface area contributed by atoms with Crippen LogP contribution in [0.3, 0.4) is 0 Å². The van der Waals surface area contributed by atoms with E-state index >= 15 is 0 Å². The van der Waals surface area contributed by atoms with Crippen molar-refractivity contribution in [2.45, 2.75) is 37.0 Å². The van der Waals surface area contributed by atoms with E-state index in [0.29, 0.717) is 25.6 Å². The molecule has 0 bridgehead atoms. The zero-order valence-corrected chi connectivity index (χ0v) is 19.7. The average molecular weight is 507 g/mol. The lowest BCUT2D eigenvalue weighted by atomic mass is 10.0. The second-order valence-corrected chi connectivity index (χ2v) is 10.9. The summed E-state index contributed by atoms with van der Waals surface area (Å²) in [6.45, 7) is 2.02. The SMILES string of the molecule is O=C(c1ccc(OCCC[C@@H]2CCN(NS(=O)(=O)c3ccc(Br)cc3)C2)cc1)C1CC1. The van der Waals surface area contributed by atoms with E-state index in [1.807, 2.05) is 24.3 Å². The first-order chi connectivity index (χ1) is 14.9. The lowest BCUT2D eigenvalue weighted by Gasteiger charge is -2.17. The second-order valence-electron chi connectivity index (χ2n) is 8.30. The molecule has 0 radical (unpaired) electrons. The van der Waals surface area contributed by atoms with E-state index in [1.54, 1.807) is 29.3 Å². The maximum absolute atomic E-state index is 12.5.